The number of aromatic nitrogens is 3. The van der Waals surface area contributed by atoms with Crippen molar-refractivity contribution >= 4 is 38.9 Å². The molecular weight excluding hydrogens is 849 g/mol. The average Bonchev–Trinajstić information content (AvgIpc) is 3.76. The number of pyridine rings is 2. The molecule has 12 rings (SSSR count). The van der Waals surface area contributed by atoms with Crippen LogP contribution in [0.3, 0.4) is 0 Å². The number of nitrogens with zero attached hydrogens (tertiary/aromatic N) is 4. The Morgan fingerprint density at radius 3 is 1.11 bits per heavy atom. The summed E-state index contributed by atoms with van der Waals surface area (Å²) < 4.78 is 2.38. The molecule has 3 heterocycles. The first-order valence-corrected chi connectivity index (χ1v) is 23.9. The maximum atomic E-state index is 5.12. The molecule has 0 unspecified atom stereocenters. The number of rotatable bonds is 10. The van der Waals surface area contributed by atoms with E-state index in [9.17, 15) is 0 Å². The molecular formula is C66H48N4. The summed E-state index contributed by atoms with van der Waals surface area (Å²) in [5.74, 6) is 0. The Bertz CT molecular complexity index is 3590. The number of hydrogen-bond donors (Lipinski definition) is 0. The van der Waals surface area contributed by atoms with E-state index < -0.39 is 0 Å². The summed E-state index contributed by atoms with van der Waals surface area (Å²) in [7, 11) is 0. The van der Waals surface area contributed by atoms with E-state index in [1.807, 2.05) is 12.4 Å². The predicted octanol–water partition coefficient (Wildman–Crippen LogP) is 17.7. The summed E-state index contributed by atoms with van der Waals surface area (Å²) >= 11 is 0. The highest BCUT2D eigenvalue weighted by atomic mass is 15.1. The molecule has 9 aromatic carbocycles. The van der Waals surface area contributed by atoms with Crippen LogP contribution in [0.1, 0.15) is 11.1 Å². The van der Waals surface area contributed by atoms with Gasteiger partial charge in [-0.3, -0.25) is 9.97 Å². The number of fused-ring (bicyclic) bond motifs is 3. The van der Waals surface area contributed by atoms with Gasteiger partial charge in [-0.25, -0.2) is 0 Å². The van der Waals surface area contributed by atoms with Crippen LogP contribution in [0, 0.1) is 13.8 Å². The lowest BCUT2D eigenvalue weighted by molar-refractivity contribution is 1.17. The molecule has 0 saturated heterocycles. The maximum absolute atomic E-state index is 5.12. The Labute approximate surface area is 409 Å². The van der Waals surface area contributed by atoms with E-state index in [2.05, 4.69) is 266 Å². The Morgan fingerprint density at radius 2 is 0.686 bits per heavy atom. The van der Waals surface area contributed by atoms with Gasteiger partial charge in [-0.1, -0.05) is 158 Å². The van der Waals surface area contributed by atoms with E-state index in [0.29, 0.717) is 0 Å². The zero-order chi connectivity index (χ0) is 47.0. The van der Waals surface area contributed by atoms with Gasteiger partial charge in [0.2, 0.25) is 0 Å². The Balaban J connectivity index is 1.10. The normalized spacial score (nSPS) is 11.3. The number of para-hydroxylation sites is 2. The number of aryl methyl sites for hydroxylation is 2. The zero-order valence-electron chi connectivity index (χ0n) is 39.0. The van der Waals surface area contributed by atoms with Crippen LogP contribution in [0.4, 0.5) is 17.1 Å². The third kappa shape index (κ3) is 8.01. The van der Waals surface area contributed by atoms with Gasteiger partial charge in [0.15, 0.2) is 0 Å². The highest BCUT2D eigenvalue weighted by Gasteiger charge is 2.21. The molecule has 0 saturated carbocycles. The summed E-state index contributed by atoms with van der Waals surface area (Å²) in [4.78, 5) is 12.6. The smallest absolute Gasteiger partial charge is 0.0709 e. The van der Waals surface area contributed by atoms with Gasteiger partial charge in [0.05, 0.1) is 22.4 Å². The maximum Gasteiger partial charge on any atom is 0.0709 e. The molecule has 4 heteroatoms. The lowest BCUT2D eigenvalue weighted by Gasteiger charge is -2.28. The van der Waals surface area contributed by atoms with Crippen LogP contribution in [-0.2, 0) is 0 Å². The topological polar surface area (TPSA) is 34.0 Å². The first kappa shape index (κ1) is 42.2. The molecule has 332 valence electrons. The van der Waals surface area contributed by atoms with Gasteiger partial charge in [0, 0.05) is 57.0 Å². The van der Waals surface area contributed by atoms with Crippen molar-refractivity contribution in [3.63, 3.8) is 0 Å². The Hall–Kier alpha value is -9.12. The minimum absolute atomic E-state index is 0.904. The second-order valence-electron chi connectivity index (χ2n) is 18.0. The van der Waals surface area contributed by atoms with Crippen molar-refractivity contribution in [1.82, 2.24) is 14.5 Å². The second-order valence-corrected chi connectivity index (χ2v) is 18.0. The highest BCUT2D eigenvalue weighted by Crippen LogP contribution is 2.44. The summed E-state index contributed by atoms with van der Waals surface area (Å²) in [6, 6.07) is 87.2. The lowest BCUT2D eigenvalue weighted by Crippen LogP contribution is -2.11. The Kier molecular flexibility index (Phi) is 11.0. The van der Waals surface area contributed by atoms with Crippen LogP contribution in [0.15, 0.2) is 255 Å². The molecule has 12 aromatic rings. The third-order valence-electron chi connectivity index (χ3n) is 13.5. The van der Waals surface area contributed by atoms with E-state index in [4.69, 9.17) is 9.97 Å². The molecule has 0 aliphatic rings. The monoisotopic (exact) mass is 896 g/mol. The summed E-state index contributed by atoms with van der Waals surface area (Å²) in [5.41, 5.74) is 21.7. The third-order valence-corrected chi connectivity index (χ3v) is 13.5. The molecule has 3 aromatic heterocycles. The van der Waals surface area contributed by atoms with Crippen LogP contribution in [0.2, 0.25) is 0 Å². The fourth-order valence-electron chi connectivity index (χ4n) is 9.99. The molecule has 0 N–H and O–H groups in total. The van der Waals surface area contributed by atoms with Gasteiger partial charge in [0.25, 0.3) is 0 Å². The minimum atomic E-state index is 0.904. The fourth-order valence-corrected chi connectivity index (χ4v) is 9.99. The molecule has 4 nitrogen and oxygen atoms in total. The van der Waals surface area contributed by atoms with Crippen LogP contribution in [0.25, 0.3) is 94.5 Å². The number of hydrogen-bond acceptors (Lipinski definition) is 3. The van der Waals surface area contributed by atoms with Crippen molar-refractivity contribution in [2.75, 3.05) is 4.90 Å². The highest BCUT2D eigenvalue weighted by molar-refractivity contribution is 6.09. The summed E-state index contributed by atoms with van der Waals surface area (Å²) in [5, 5.41) is 2.47. The molecule has 70 heavy (non-hydrogen) atoms. The molecule has 0 aliphatic heterocycles. The zero-order valence-corrected chi connectivity index (χ0v) is 39.0. The SMILES string of the molecule is Cc1cnc(-c2cc(-c3ccccc3)cc(N(c3ccc(-n4c5ccccc5c5ccccc54)cc3)c3cc(-c4ccccc4)cc(-c4cc(-c5ccccc5)c(C)cn4)c3)c2)cc1-c1ccccc1. The van der Waals surface area contributed by atoms with Gasteiger partial charge in [-0.2, -0.15) is 0 Å². The quantitative estimate of drug-likeness (QED) is 0.137. The lowest BCUT2D eigenvalue weighted by atomic mass is 9.95. The van der Waals surface area contributed by atoms with Crippen molar-refractivity contribution in [3.8, 4) is 72.7 Å². The molecule has 0 spiro atoms. The summed E-state index contributed by atoms with van der Waals surface area (Å²) in [6.45, 7) is 4.28. The molecule has 0 bridgehead atoms. The van der Waals surface area contributed by atoms with Crippen molar-refractivity contribution in [2.24, 2.45) is 0 Å². The van der Waals surface area contributed by atoms with E-state index in [1.54, 1.807) is 0 Å². The van der Waals surface area contributed by atoms with Crippen molar-refractivity contribution in [2.45, 2.75) is 13.8 Å². The average molecular weight is 897 g/mol. The van der Waals surface area contributed by atoms with Crippen molar-refractivity contribution in [1.29, 1.82) is 0 Å². The van der Waals surface area contributed by atoms with E-state index in [0.717, 1.165) is 89.8 Å². The summed E-state index contributed by atoms with van der Waals surface area (Å²) in [6.07, 6.45) is 4.01. The number of anilines is 3. The predicted molar refractivity (Wildman–Crippen MR) is 293 cm³/mol. The van der Waals surface area contributed by atoms with Crippen LogP contribution in [-0.4, -0.2) is 14.5 Å². The molecule has 0 radical (unpaired) electrons. The van der Waals surface area contributed by atoms with E-state index in [-0.39, 0.29) is 0 Å². The fraction of sp³-hybridized carbons (Fsp3) is 0.0303. The van der Waals surface area contributed by atoms with Crippen LogP contribution >= 0.6 is 0 Å². The number of benzene rings is 9. The minimum Gasteiger partial charge on any atom is -0.310 e. The van der Waals surface area contributed by atoms with Gasteiger partial charge < -0.3 is 9.47 Å². The van der Waals surface area contributed by atoms with Gasteiger partial charge in [-0.15, -0.1) is 0 Å². The van der Waals surface area contributed by atoms with Crippen LogP contribution < -0.4 is 4.90 Å². The molecule has 0 atom stereocenters. The van der Waals surface area contributed by atoms with Gasteiger partial charge in [-0.05, 0) is 154 Å². The molecule has 0 fully saturated rings. The first-order chi connectivity index (χ1) is 34.5. The van der Waals surface area contributed by atoms with Crippen molar-refractivity contribution in [3.05, 3.63) is 266 Å². The van der Waals surface area contributed by atoms with E-state index >= 15 is 0 Å². The van der Waals surface area contributed by atoms with Crippen molar-refractivity contribution < 1.29 is 0 Å². The largest absolute Gasteiger partial charge is 0.310 e. The molecule has 0 aliphatic carbocycles. The van der Waals surface area contributed by atoms with Gasteiger partial charge in [0.1, 0.15) is 0 Å². The standard InChI is InChI=1S/C66H48N4/c1-45-43-67-63(41-61(45)49-23-11-5-12-24-49)53-35-51(47-19-7-3-8-20-47)37-57(39-53)69(55-31-33-56(34-32-55)70-65-29-17-15-27-59(65)60-28-16-18-30-66(60)70)58-38-52(48-21-9-4-10-22-48)36-54(40-58)64-42-62(46(2)44-68-64)50-25-13-6-14-26-50/h3-44H,1-2H3. The van der Waals surface area contributed by atoms with Crippen LogP contribution in [0.5, 0.6) is 0 Å². The molecule has 0 amide bonds. The van der Waals surface area contributed by atoms with Gasteiger partial charge >= 0.3 is 0 Å². The Morgan fingerprint density at radius 1 is 0.314 bits per heavy atom. The first-order valence-electron chi connectivity index (χ1n) is 23.9. The van der Waals surface area contributed by atoms with E-state index in [1.165, 1.54) is 32.9 Å². The second kappa shape index (κ2) is 18.2.